The SMILES string of the molecule is Cc1cccc(CCN(C)C(=O)C2(CO)COC2)c1. The van der Waals surface area contributed by atoms with Crippen LogP contribution in [-0.2, 0) is 16.0 Å². The van der Waals surface area contributed by atoms with Crippen molar-refractivity contribution in [2.24, 2.45) is 5.41 Å². The van der Waals surface area contributed by atoms with Crippen LogP contribution in [0.5, 0.6) is 0 Å². The van der Waals surface area contributed by atoms with E-state index < -0.39 is 5.41 Å². The second kappa shape index (κ2) is 5.72. The fraction of sp³-hybridized carbons (Fsp3) is 0.533. The largest absolute Gasteiger partial charge is 0.395 e. The second-order valence-corrected chi connectivity index (χ2v) is 5.40. The van der Waals surface area contributed by atoms with E-state index in [1.807, 2.05) is 6.07 Å². The van der Waals surface area contributed by atoms with Crippen LogP contribution in [-0.4, -0.2) is 49.3 Å². The lowest BCUT2D eigenvalue weighted by Gasteiger charge is -2.40. The molecule has 4 heteroatoms. The van der Waals surface area contributed by atoms with Crippen molar-refractivity contribution >= 4 is 5.91 Å². The number of carbonyl (C=O) groups excluding carboxylic acids is 1. The highest BCUT2D eigenvalue weighted by molar-refractivity contribution is 5.83. The van der Waals surface area contributed by atoms with E-state index in [0.717, 1.165) is 6.42 Å². The number of hydrogen-bond acceptors (Lipinski definition) is 3. The van der Waals surface area contributed by atoms with Gasteiger partial charge in [0.15, 0.2) is 0 Å². The van der Waals surface area contributed by atoms with E-state index in [1.54, 1.807) is 11.9 Å². The van der Waals surface area contributed by atoms with Crippen molar-refractivity contribution in [3.05, 3.63) is 35.4 Å². The Bertz CT molecular complexity index is 449. The number of amides is 1. The molecule has 1 heterocycles. The molecule has 19 heavy (non-hydrogen) atoms. The van der Waals surface area contributed by atoms with Gasteiger partial charge >= 0.3 is 0 Å². The van der Waals surface area contributed by atoms with Gasteiger partial charge in [-0.15, -0.1) is 0 Å². The van der Waals surface area contributed by atoms with Crippen molar-refractivity contribution in [1.29, 1.82) is 0 Å². The van der Waals surface area contributed by atoms with E-state index in [9.17, 15) is 9.90 Å². The molecule has 0 aliphatic carbocycles. The number of aryl methyl sites for hydroxylation is 1. The molecule has 104 valence electrons. The molecule has 1 aromatic rings. The van der Waals surface area contributed by atoms with Crippen molar-refractivity contribution in [2.45, 2.75) is 13.3 Å². The Kier molecular flexibility index (Phi) is 4.22. The summed E-state index contributed by atoms with van der Waals surface area (Å²) in [4.78, 5) is 13.9. The fourth-order valence-corrected chi connectivity index (χ4v) is 2.30. The molecule has 0 spiro atoms. The standard InChI is InChI=1S/C15H21NO3/c1-12-4-3-5-13(8-12)6-7-16(2)14(18)15(9-17)10-19-11-15/h3-5,8,17H,6-7,9-11H2,1-2H3. The third-order valence-corrected chi connectivity index (χ3v) is 3.68. The zero-order valence-electron chi connectivity index (χ0n) is 11.6. The summed E-state index contributed by atoms with van der Waals surface area (Å²) in [5.74, 6) is -0.0195. The number of aliphatic hydroxyl groups is 1. The highest BCUT2D eigenvalue weighted by Gasteiger charge is 2.46. The summed E-state index contributed by atoms with van der Waals surface area (Å²) in [5.41, 5.74) is 1.76. The predicted octanol–water partition coefficient (Wildman–Crippen LogP) is 1.00. The van der Waals surface area contributed by atoms with Gasteiger partial charge in [0.2, 0.25) is 5.91 Å². The van der Waals surface area contributed by atoms with Crippen LogP contribution in [0.2, 0.25) is 0 Å². The third-order valence-electron chi connectivity index (χ3n) is 3.68. The molecule has 0 aromatic heterocycles. The maximum absolute atomic E-state index is 12.3. The lowest BCUT2D eigenvalue weighted by Crippen LogP contribution is -2.56. The Morgan fingerprint density at radius 3 is 2.74 bits per heavy atom. The van der Waals surface area contributed by atoms with Crippen LogP contribution in [0.25, 0.3) is 0 Å². The van der Waals surface area contributed by atoms with E-state index in [2.05, 4.69) is 25.1 Å². The van der Waals surface area contributed by atoms with E-state index in [0.29, 0.717) is 19.8 Å². The summed E-state index contributed by atoms with van der Waals surface area (Å²) in [6, 6.07) is 8.29. The summed E-state index contributed by atoms with van der Waals surface area (Å²) in [6.07, 6.45) is 0.826. The van der Waals surface area contributed by atoms with Gasteiger partial charge in [-0.25, -0.2) is 0 Å². The summed E-state index contributed by atoms with van der Waals surface area (Å²) in [5, 5.41) is 9.35. The van der Waals surface area contributed by atoms with Gasteiger partial charge in [0.25, 0.3) is 0 Å². The molecule has 0 bridgehead atoms. The second-order valence-electron chi connectivity index (χ2n) is 5.40. The molecule has 1 aromatic carbocycles. The van der Waals surface area contributed by atoms with E-state index in [1.165, 1.54) is 11.1 Å². The van der Waals surface area contributed by atoms with Crippen molar-refractivity contribution in [2.75, 3.05) is 33.4 Å². The Balaban J connectivity index is 1.91. The Morgan fingerprint density at radius 1 is 1.47 bits per heavy atom. The molecule has 1 N–H and O–H groups in total. The first kappa shape index (κ1) is 14.0. The molecule has 2 rings (SSSR count). The maximum atomic E-state index is 12.3. The molecule has 4 nitrogen and oxygen atoms in total. The summed E-state index contributed by atoms with van der Waals surface area (Å²) in [6.45, 7) is 3.24. The fourth-order valence-electron chi connectivity index (χ4n) is 2.30. The monoisotopic (exact) mass is 263 g/mol. The van der Waals surface area contributed by atoms with Crippen LogP contribution in [0.15, 0.2) is 24.3 Å². The topological polar surface area (TPSA) is 49.8 Å². The summed E-state index contributed by atoms with van der Waals surface area (Å²) < 4.78 is 5.07. The van der Waals surface area contributed by atoms with Crippen LogP contribution in [0.1, 0.15) is 11.1 Å². The lowest BCUT2D eigenvalue weighted by atomic mass is 9.85. The van der Waals surface area contributed by atoms with Gasteiger partial charge in [0.05, 0.1) is 19.8 Å². The first-order chi connectivity index (χ1) is 9.07. The molecule has 1 aliphatic heterocycles. The van der Waals surface area contributed by atoms with E-state index in [4.69, 9.17) is 4.74 Å². The summed E-state index contributed by atoms with van der Waals surface area (Å²) in [7, 11) is 1.79. The molecule has 0 radical (unpaired) electrons. The molecule has 0 atom stereocenters. The number of ether oxygens (including phenoxy) is 1. The van der Waals surface area contributed by atoms with Gasteiger partial charge in [-0.2, -0.15) is 0 Å². The van der Waals surface area contributed by atoms with E-state index >= 15 is 0 Å². The van der Waals surface area contributed by atoms with Gasteiger partial charge in [-0.05, 0) is 18.9 Å². The molecule has 0 saturated carbocycles. The van der Waals surface area contributed by atoms with Gasteiger partial charge < -0.3 is 14.7 Å². The van der Waals surface area contributed by atoms with Crippen LogP contribution in [0.3, 0.4) is 0 Å². The van der Waals surface area contributed by atoms with Crippen LogP contribution in [0, 0.1) is 12.3 Å². The molecule has 0 unspecified atom stereocenters. The van der Waals surface area contributed by atoms with Crippen LogP contribution >= 0.6 is 0 Å². The lowest BCUT2D eigenvalue weighted by molar-refractivity contribution is -0.179. The number of hydrogen-bond donors (Lipinski definition) is 1. The average Bonchev–Trinajstić information content (AvgIpc) is 2.35. The normalized spacial score (nSPS) is 16.8. The maximum Gasteiger partial charge on any atom is 0.235 e. The number of benzene rings is 1. The molecule has 1 saturated heterocycles. The van der Waals surface area contributed by atoms with Crippen molar-refractivity contribution in [3.8, 4) is 0 Å². The highest BCUT2D eigenvalue weighted by Crippen LogP contribution is 2.28. The van der Waals surface area contributed by atoms with Gasteiger partial charge in [-0.3, -0.25) is 4.79 Å². The van der Waals surface area contributed by atoms with Crippen LogP contribution < -0.4 is 0 Å². The zero-order valence-corrected chi connectivity index (χ0v) is 11.6. The number of nitrogens with zero attached hydrogens (tertiary/aromatic N) is 1. The molecule has 1 aliphatic rings. The van der Waals surface area contributed by atoms with Crippen molar-refractivity contribution in [3.63, 3.8) is 0 Å². The third kappa shape index (κ3) is 2.96. The minimum atomic E-state index is -0.693. The minimum absolute atomic E-state index is 0.0195. The number of aliphatic hydroxyl groups excluding tert-OH is 1. The quantitative estimate of drug-likeness (QED) is 0.862. The van der Waals surface area contributed by atoms with Gasteiger partial charge in [0, 0.05) is 13.6 Å². The Labute approximate surface area is 114 Å². The van der Waals surface area contributed by atoms with Crippen molar-refractivity contribution < 1.29 is 14.6 Å². The number of carbonyl (C=O) groups is 1. The first-order valence-corrected chi connectivity index (χ1v) is 6.57. The predicted molar refractivity (Wildman–Crippen MR) is 72.9 cm³/mol. The summed E-state index contributed by atoms with van der Waals surface area (Å²) >= 11 is 0. The molecule has 1 fully saturated rings. The van der Waals surface area contributed by atoms with Gasteiger partial charge in [-0.1, -0.05) is 29.8 Å². The van der Waals surface area contributed by atoms with Gasteiger partial charge in [0.1, 0.15) is 5.41 Å². The highest BCUT2D eigenvalue weighted by atomic mass is 16.5. The Morgan fingerprint density at radius 2 is 2.21 bits per heavy atom. The molecular weight excluding hydrogens is 242 g/mol. The Hall–Kier alpha value is -1.39. The van der Waals surface area contributed by atoms with Crippen LogP contribution in [0.4, 0.5) is 0 Å². The zero-order chi connectivity index (χ0) is 13.9. The molecular formula is C15H21NO3. The van der Waals surface area contributed by atoms with E-state index in [-0.39, 0.29) is 12.5 Å². The number of likely N-dealkylation sites (N-methyl/N-ethyl adjacent to an activating group) is 1. The number of rotatable bonds is 5. The average molecular weight is 263 g/mol. The van der Waals surface area contributed by atoms with Crippen molar-refractivity contribution in [1.82, 2.24) is 4.90 Å². The smallest absolute Gasteiger partial charge is 0.235 e. The minimum Gasteiger partial charge on any atom is -0.395 e. The first-order valence-electron chi connectivity index (χ1n) is 6.57. The molecule has 1 amide bonds.